The number of aliphatic hydroxyl groups excluding tert-OH is 1. The van der Waals surface area contributed by atoms with E-state index in [0.29, 0.717) is 29.5 Å². The standard InChI is InChI=1S/C60H86N16O14/c1-5-32(2)49(63)57(87)68-31-48(80)70-45(28-37-30-67-40-17-10-9-16-39(37)40)54(84)71-41(18-11-12-24-61)52(82)75-46(29-47(62)79)55(85)74-44(26-35-14-7-6-8-15-35)56(86)76-50(34(4)77)58(88)69-33(3)51(81)73-43(27-36-20-22-38(78)23-21-36)53(83)72-42(59(89)90)19-13-25-66-60(64)65/h6-10,14-17,20-23,30,32-34,41-46,49-50,67,77-78H,5,11-13,18-19,24-29,31,61,63H2,1-4H3,(H2,62,79)(H,68,87)(H,69,88)(H,70,80)(H,71,84)(H,72,83)(H,73,81)(H,74,85)(H,75,82)(H,76,86)(H,89,90)(H4,64,65,66)/t32-,33-,34+,41-,42-,43-,44-,45-,46-,49-,50-/m0/s1. The first-order valence-electron chi connectivity index (χ1n) is 29.5. The lowest BCUT2D eigenvalue weighted by atomic mass is 9.99. The predicted octanol–water partition coefficient (Wildman–Crippen LogP) is -3.19. The molecule has 0 aliphatic rings. The monoisotopic (exact) mass is 1250 g/mol. The summed E-state index contributed by atoms with van der Waals surface area (Å²) in [6.07, 6.45) is -0.202. The minimum atomic E-state index is -1.83. The Bertz CT molecular complexity index is 3120. The number of guanidine groups is 1. The van der Waals surface area contributed by atoms with Crippen molar-refractivity contribution in [3.8, 4) is 5.75 Å². The molecule has 0 aliphatic heterocycles. The molecule has 90 heavy (non-hydrogen) atoms. The van der Waals surface area contributed by atoms with Crippen molar-refractivity contribution in [2.45, 2.75) is 152 Å². The maximum atomic E-state index is 14.4. The number of aliphatic hydroxyl groups is 1. The second-order valence-electron chi connectivity index (χ2n) is 21.9. The number of para-hydroxylation sites is 1. The third-order valence-corrected chi connectivity index (χ3v) is 14.7. The van der Waals surface area contributed by atoms with E-state index < -0.39 is 138 Å². The van der Waals surface area contributed by atoms with Crippen LogP contribution in [-0.2, 0) is 72.0 Å². The number of carbonyl (C=O) groups excluding carboxylic acids is 10. The van der Waals surface area contributed by atoms with E-state index >= 15 is 0 Å². The number of amides is 10. The number of nitrogens with one attached hydrogen (secondary N) is 10. The number of aromatic nitrogens is 1. The average molecular weight is 1260 g/mol. The van der Waals surface area contributed by atoms with Gasteiger partial charge in [0.05, 0.1) is 25.1 Å². The molecule has 0 spiro atoms. The number of unbranched alkanes of at least 4 members (excludes halogenated alkanes) is 1. The van der Waals surface area contributed by atoms with E-state index in [-0.39, 0.29) is 75.7 Å². The Morgan fingerprint density at radius 2 is 1.11 bits per heavy atom. The fourth-order valence-electron chi connectivity index (χ4n) is 9.26. The van der Waals surface area contributed by atoms with Crippen molar-refractivity contribution in [3.05, 3.63) is 102 Å². The number of aliphatic carboxylic acids is 1. The summed E-state index contributed by atoms with van der Waals surface area (Å²) in [4.78, 5) is 157. The molecular formula is C60H86N16O14. The molecule has 30 nitrogen and oxygen atoms in total. The molecule has 0 aliphatic carbocycles. The van der Waals surface area contributed by atoms with Crippen LogP contribution in [0, 0.1) is 5.92 Å². The van der Waals surface area contributed by atoms with Gasteiger partial charge in [-0.15, -0.1) is 0 Å². The number of benzene rings is 3. The first-order chi connectivity index (χ1) is 42.7. The molecule has 0 saturated heterocycles. The van der Waals surface area contributed by atoms with Crippen molar-refractivity contribution in [3.63, 3.8) is 0 Å². The number of phenols is 1. The van der Waals surface area contributed by atoms with Gasteiger partial charge in [-0.1, -0.05) is 80.9 Å². The first-order valence-corrected chi connectivity index (χ1v) is 29.5. The Balaban J connectivity index is 1.56. The number of aromatic hydroxyl groups is 1. The smallest absolute Gasteiger partial charge is 0.326 e. The Labute approximate surface area is 520 Å². The van der Waals surface area contributed by atoms with Gasteiger partial charge in [0.1, 0.15) is 54.1 Å². The number of carbonyl (C=O) groups is 11. The summed E-state index contributed by atoms with van der Waals surface area (Å²) in [6, 6.07) is 7.63. The van der Waals surface area contributed by atoms with Gasteiger partial charge in [0.15, 0.2) is 5.96 Å². The Morgan fingerprint density at radius 1 is 0.578 bits per heavy atom. The number of hydrogen-bond acceptors (Lipinski definition) is 16. The molecule has 30 heteroatoms. The van der Waals surface area contributed by atoms with Crippen LogP contribution in [0.4, 0.5) is 0 Å². The van der Waals surface area contributed by atoms with Crippen LogP contribution in [0.5, 0.6) is 5.75 Å². The number of hydrogen-bond donors (Lipinski definition) is 18. The SMILES string of the molecule is CC[C@H](C)[C@H](N)C(=O)NCC(=O)N[C@@H](Cc1c[nH]c2ccccc12)C(=O)N[C@@H](CCCCN)C(=O)N[C@@H](CC(N)=O)C(=O)N[C@@H](Cc1ccccc1)C(=O)N[C@H](C(=O)N[C@@H](C)C(=O)N[C@@H](Cc1ccc(O)cc1)C(=O)N[C@@H](CCCN=C(N)N)C(=O)O)[C@@H](C)O. The maximum absolute atomic E-state index is 14.4. The van der Waals surface area contributed by atoms with Crippen molar-refractivity contribution in [2.24, 2.45) is 39.6 Å². The lowest BCUT2D eigenvalue weighted by molar-refractivity contribution is -0.142. The van der Waals surface area contributed by atoms with Crippen LogP contribution in [0.25, 0.3) is 10.9 Å². The normalized spacial score (nSPS) is 14.7. The van der Waals surface area contributed by atoms with Crippen LogP contribution in [0.2, 0.25) is 0 Å². The second-order valence-corrected chi connectivity index (χ2v) is 21.9. The van der Waals surface area contributed by atoms with Crippen LogP contribution in [0.1, 0.15) is 89.3 Å². The molecule has 1 heterocycles. The number of aromatic amines is 1. The molecule has 0 unspecified atom stereocenters. The number of aliphatic imine (C=N–C) groups is 1. The van der Waals surface area contributed by atoms with Gasteiger partial charge in [-0.3, -0.25) is 52.9 Å². The molecule has 0 bridgehead atoms. The summed E-state index contributed by atoms with van der Waals surface area (Å²) < 4.78 is 0. The van der Waals surface area contributed by atoms with Crippen LogP contribution < -0.4 is 76.5 Å². The Kier molecular flexibility index (Phi) is 29.6. The summed E-state index contributed by atoms with van der Waals surface area (Å²) in [5.74, 6) is -11.3. The van der Waals surface area contributed by atoms with Gasteiger partial charge in [0.2, 0.25) is 59.1 Å². The molecule has 10 amide bonds. The van der Waals surface area contributed by atoms with Gasteiger partial charge in [0.25, 0.3) is 0 Å². The first kappa shape index (κ1) is 72.8. The number of nitrogens with zero attached hydrogens (tertiary/aromatic N) is 1. The summed E-state index contributed by atoms with van der Waals surface area (Å²) in [6.45, 7) is 5.74. The molecule has 1 aromatic heterocycles. The molecule has 4 aromatic rings. The van der Waals surface area contributed by atoms with Crippen molar-refractivity contribution >= 4 is 81.9 Å². The highest BCUT2D eigenvalue weighted by atomic mass is 16.4. The zero-order valence-electron chi connectivity index (χ0n) is 50.8. The van der Waals surface area contributed by atoms with Crippen LogP contribution >= 0.6 is 0 Å². The minimum absolute atomic E-state index is 0.0601. The number of H-pyrrole nitrogens is 1. The lowest BCUT2D eigenvalue weighted by Crippen LogP contribution is -2.62. The zero-order chi connectivity index (χ0) is 66.6. The predicted molar refractivity (Wildman–Crippen MR) is 331 cm³/mol. The Hall–Kier alpha value is -9.68. The highest BCUT2D eigenvalue weighted by molar-refractivity contribution is 6.00. The largest absolute Gasteiger partial charge is 0.508 e. The van der Waals surface area contributed by atoms with Crippen molar-refractivity contribution in [2.75, 3.05) is 19.6 Å². The summed E-state index contributed by atoms with van der Waals surface area (Å²) >= 11 is 0. The van der Waals surface area contributed by atoms with Gasteiger partial charge >= 0.3 is 5.97 Å². The zero-order valence-corrected chi connectivity index (χ0v) is 50.8. The highest BCUT2D eigenvalue weighted by Gasteiger charge is 2.36. The molecular weight excluding hydrogens is 1170 g/mol. The number of nitrogens with two attached hydrogens (primary N) is 5. The van der Waals surface area contributed by atoms with E-state index in [1.165, 1.54) is 31.2 Å². The van der Waals surface area contributed by atoms with Crippen molar-refractivity contribution < 1.29 is 68.1 Å². The number of fused-ring (bicyclic) bond motifs is 1. The summed E-state index contributed by atoms with van der Waals surface area (Å²) in [5, 5.41) is 53.9. The van der Waals surface area contributed by atoms with E-state index in [9.17, 15) is 68.1 Å². The van der Waals surface area contributed by atoms with Crippen LogP contribution in [0.15, 0.2) is 90.1 Å². The summed E-state index contributed by atoms with van der Waals surface area (Å²) in [5.41, 5.74) is 30.4. The Morgan fingerprint density at radius 3 is 1.71 bits per heavy atom. The number of primary amides is 1. The number of rotatable bonds is 38. The number of carboxylic acids is 1. The van der Waals surface area contributed by atoms with E-state index in [1.54, 1.807) is 61.7 Å². The second kappa shape index (κ2) is 36.6. The van der Waals surface area contributed by atoms with Gasteiger partial charge in [-0.25, -0.2) is 4.79 Å². The number of carboxylic acid groups (broad SMARTS) is 1. The molecule has 0 fully saturated rings. The topological polar surface area (TPSA) is 515 Å². The molecule has 23 N–H and O–H groups in total. The fourth-order valence-corrected chi connectivity index (χ4v) is 9.26. The van der Waals surface area contributed by atoms with E-state index in [0.717, 1.165) is 17.8 Å². The van der Waals surface area contributed by atoms with Gasteiger partial charge in [0, 0.05) is 42.9 Å². The maximum Gasteiger partial charge on any atom is 0.326 e. The third kappa shape index (κ3) is 24.1. The molecule has 0 radical (unpaired) electrons. The number of phenolic OH excluding ortho intramolecular Hbond substituents is 1. The molecule has 3 aromatic carbocycles. The third-order valence-electron chi connectivity index (χ3n) is 14.7. The van der Waals surface area contributed by atoms with Gasteiger partial charge < -0.3 is 96.8 Å². The molecule has 11 atom stereocenters. The minimum Gasteiger partial charge on any atom is -0.508 e. The van der Waals surface area contributed by atoms with Crippen LogP contribution in [0.3, 0.4) is 0 Å². The molecule has 490 valence electrons. The van der Waals surface area contributed by atoms with Crippen LogP contribution in [-0.4, -0.2) is 171 Å². The highest BCUT2D eigenvalue weighted by Crippen LogP contribution is 2.20. The van der Waals surface area contributed by atoms with Crippen molar-refractivity contribution in [1.82, 2.24) is 52.8 Å². The van der Waals surface area contributed by atoms with Gasteiger partial charge in [-0.2, -0.15) is 0 Å². The quantitative estimate of drug-likeness (QED) is 0.0119. The summed E-state index contributed by atoms with van der Waals surface area (Å²) in [7, 11) is 0. The van der Waals surface area contributed by atoms with E-state index in [4.69, 9.17) is 28.7 Å². The lowest BCUT2D eigenvalue weighted by Gasteiger charge is -2.28. The fraction of sp³-hybridized carbons (Fsp3) is 0.467. The van der Waals surface area contributed by atoms with Crippen molar-refractivity contribution in [1.29, 1.82) is 0 Å². The molecule has 0 saturated carbocycles. The molecule has 4 rings (SSSR count). The van der Waals surface area contributed by atoms with E-state index in [2.05, 4.69) is 57.8 Å². The average Bonchev–Trinajstić information content (AvgIpc) is 1.89. The van der Waals surface area contributed by atoms with E-state index in [1.807, 2.05) is 13.0 Å². The van der Waals surface area contributed by atoms with Gasteiger partial charge in [-0.05, 0) is 93.3 Å².